The molecule has 1 fully saturated rings. The van der Waals surface area contributed by atoms with Crippen LogP contribution in [-0.2, 0) is 6.42 Å². The van der Waals surface area contributed by atoms with Gasteiger partial charge in [-0.3, -0.25) is 4.79 Å². The molecular weight excluding hydrogens is 224 g/mol. The second-order valence-corrected chi connectivity index (χ2v) is 4.91. The van der Waals surface area contributed by atoms with Crippen LogP contribution >= 0.6 is 0 Å². The minimum absolute atomic E-state index is 0.166. The van der Waals surface area contributed by atoms with Gasteiger partial charge in [0.25, 0.3) is 5.91 Å². The molecule has 1 heterocycles. The average molecular weight is 246 g/mol. The van der Waals surface area contributed by atoms with Crippen molar-refractivity contribution in [3.8, 4) is 0 Å². The van der Waals surface area contributed by atoms with Crippen molar-refractivity contribution < 1.29 is 4.79 Å². The lowest BCUT2D eigenvalue weighted by Gasteiger charge is -2.32. The quantitative estimate of drug-likeness (QED) is 0.885. The molecule has 0 atom stereocenters. The number of carbonyl (C=O) groups excluding carboxylic acids is 1. The number of benzene rings is 1. The van der Waals surface area contributed by atoms with Gasteiger partial charge in [-0.2, -0.15) is 0 Å². The van der Waals surface area contributed by atoms with Gasteiger partial charge < -0.3 is 10.2 Å². The van der Waals surface area contributed by atoms with E-state index >= 15 is 0 Å². The smallest absolute Gasteiger partial charge is 0.254 e. The van der Waals surface area contributed by atoms with Crippen LogP contribution in [0, 0.1) is 0 Å². The molecule has 18 heavy (non-hydrogen) atoms. The van der Waals surface area contributed by atoms with Crippen molar-refractivity contribution in [2.45, 2.75) is 32.2 Å². The molecule has 0 aliphatic carbocycles. The van der Waals surface area contributed by atoms with Gasteiger partial charge in [0.05, 0.1) is 0 Å². The number of nitrogens with zero attached hydrogens (tertiary/aromatic N) is 1. The molecule has 3 nitrogen and oxygen atoms in total. The molecule has 1 amide bonds. The van der Waals surface area contributed by atoms with Gasteiger partial charge in [-0.05, 0) is 44.0 Å². The van der Waals surface area contributed by atoms with Crippen LogP contribution in [0.5, 0.6) is 0 Å². The highest BCUT2D eigenvalue weighted by atomic mass is 16.2. The Hall–Kier alpha value is -1.35. The van der Waals surface area contributed by atoms with E-state index in [0.29, 0.717) is 6.04 Å². The van der Waals surface area contributed by atoms with E-state index in [2.05, 4.69) is 12.2 Å². The molecule has 0 unspecified atom stereocenters. The normalized spacial score (nSPS) is 16.6. The van der Waals surface area contributed by atoms with Gasteiger partial charge in [-0.1, -0.05) is 25.1 Å². The summed E-state index contributed by atoms with van der Waals surface area (Å²) in [6.45, 7) is 4.12. The molecule has 3 heteroatoms. The third-order valence-corrected chi connectivity index (χ3v) is 3.81. The fourth-order valence-corrected chi connectivity index (χ4v) is 2.59. The first-order chi connectivity index (χ1) is 8.74. The van der Waals surface area contributed by atoms with E-state index in [4.69, 9.17) is 0 Å². The monoisotopic (exact) mass is 246 g/mol. The summed E-state index contributed by atoms with van der Waals surface area (Å²) in [5.41, 5.74) is 2.00. The highest BCUT2D eigenvalue weighted by Crippen LogP contribution is 2.16. The molecular formula is C15H22N2O. The maximum absolute atomic E-state index is 12.5. The van der Waals surface area contributed by atoms with Crippen molar-refractivity contribution in [1.29, 1.82) is 0 Å². The van der Waals surface area contributed by atoms with Crippen molar-refractivity contribution in [3.05, 3.63) is 35.4 Å². The molecule has 0 spiro atoms. The zero-order valence-corrected chi connectivity index (χ0v) is 11.3. The van der Waals surface area contributed by atoms with Gasteiger partial charge in [0.1, 0.15) is 0 Å². The Bertz CT molecular complexity index is 411. The maximum atomic E-state index is 12.5. The van der Waals surface area contributed by atoms with Gasteiger partial charge in [0.2, 0.25) is 0 Å². The minimum Gasteiger partial charge on any atom is -0.339 e. The fraction of sp³-hybridized carbons (Fsp3) is 0.533. The first kappa shape index (κ1) is 13.1. The van der Waals surface area contributed by atoms with Crippen LogP contribution in [0.1, 0.15) is 35.7 Å². The number of aryl methyl sites for hydroxylation is 1. The summed E-state index contributed by atoms with van der Waals surface area (Å²) in [4.78, 5) is 14.5. The summed E-state index contributed by atoms with van der Waals surface area (Å²) in [5, 5.41) is 3.33. The summed E-state index contributed by atoms with van der Waals surface area (Å²) >= 11 is 0. The van der Waals surface area contributed by atoms with E-state index in [1.165, 1.54) is 0 Å². The number of rotatable bonds is 3. The fourth-order valence-electron chi connectivity index (χ4n) is 2.59. The second kappa shape index (κ2) is 6.01. The van der Waals surface area contributed by atoms with Gasteiger partial charge in [0.15, 0.2) is 0 Å². The number of nitrogens with one attached hydrogen (secondary N) is 1. The predicted molar refractivity (Wildman–Crippen MR) is 73.8 cm³/mol. The minimum atomic E-state index is 0.166. The summed E-state index contributed by atoms with van der Waals surface area (Å²) in [7, 11) is 1.94. The standard InChI is InChI=1S/C15H22N2O/c1-3-12-6-4-5-7-14(12)15(18)17(2)13-8-10-16-11-9-13/h4-7,13,16H,3,8-11H2,1-2H3. The summed E-state index contributed by atoms with van der Waals surface area (Å²) in [5.74, 6) is 0.166. The first-order valence-electron chi connectivity index (χ1n) is 6.79. The number of carbonyl (C=O) groups is 1. The van der Waals surface area contributed by atoms with Crippen molar-refractivity contribution in [2.24, 2.45) is 0 Å². The Morgan fingerprint density at radius 2 is 2.00 bits per heavy atom. The zero-order chi connectivity index (χ0) is 13.0. The Kier molecular flexibility index (Phi) is 4.37. The average Bonchev–Trinajstić information content (AvgIpc) is 2.46. The van der Waals surface area contributed by atoms with Crippen LogP contribution in [0.3, 0.4) is 0 Å². The molecule has 1 N–H and O–H groups in total. The summed E-state index contributed by atoms with van der Waals surface area (Å²) < 4.78 is 0. The Morgan fingerprint density at radius 3 is 2.67 bits per heavy atom. The lowest BCUT2D eigenvalue weighted by atomic mass is 10.0. The van der Waals surface area contributed by atoms with E-state index < -0.39 is 0 Å². The summed E-state index contributed by atoms with van der Waals surface area (Å²) in [6.07, 6.45) is 3.01. The SMILES string of the molecule is CCc1ccccc1C(=O)N(C)C1CCNCC1. The van der Waals surface area contributed by atoms with Crippen LogP contribution in [0.2, 0.25) is 0 Å². The van der Waals surface area contributed by atoms with Gasteiger partial charge in [-0.15, -0.1) is 0 Å². The molecule has 0 saturated carbocycles. The Balaban J connectivity index is 2.14. The van der Waals surface area contributed by atoms with Crippen LogP contribution < -0.4 is 5.32 Å². The number of hydrogen-bond donors (Lipinski definition) is 1. The van der Waals surface area contributed by atoms with Crippen LogP contribution in [0.15, 0.2) is 24.3 Å². The maximum Gasteiger partial charge on any atom is 0.254 e. The highest BCUT2D eigenvalue weighted by Gasteiger charge is 2.23. The molecule has 1 aliphatic heterocycles. The Labute approximate surface area is 109 Å². The molecule has 0 aromatic heterocycles. The van der Waals surface area contributed by atoms with Crippen molar-refractivity contribution in [3.63, 3.8) is 0 Å². The van der Waals surface area contributed by atoms with Crippen LogP contribution in [-0.4, -0.2) is 37.0 Å². The van der Waals surface area contributed by atoms with E-state index in [1.54, 1.807) is 0 Å². The van der Waals surface area contributed by atoms with E-state index in [0.717, 1.165) is 43.5 Å². The molecule has 98 valence electrons. The highest BCUT2D eigenvalue weighted by molar-refractivity contribution is 5.95. The van der Waals surface area contributed by atoms with E-state index in [9.17, 15) is 4.79 Å². The number of amides is 1. The van der Waals surface area contributed by atoms with Gasteiger partial charge in [-0.25, -0.2) is 0 Å². The lowest BCUT2D eigenvalue weighted by molar-refractivity contribution is 0.0702. The Morgan fingerprint density at radius 1 is 1.33 bits per heavy atom. The topological polar surface area (TPSA) is 32.3 Å². The number of hydrogen-bond acceptors (Lipinski definition) is 2. The molecule has 0 radical (unpaired) electrons. The molecule has 0 bridgehead atoms. The largest absolute Gasteiger partial charge is 0.339 e. The predicted octanol–water partition coefficient (Wildman–Crippen LogP) is 2.07. The van der Waals surface area contributed by atoms with E-state index in [-0.39, 0.29) is 5.91 Å². The van der Waals surface area contributed by atoms with Crippen LogP contribution in [0.25, 0.3) is 0 Å². The molecule has 1 aromatic rings. The second-order valence-electron chi connectivity index (χ2n) is 4.91. The third kappa shape index (κ3) is 2.72. The lowest BCUT2D eigenvalue weighted by Crippen LogP contribution is -2.44. The van der Waals surface area contributed by atoms with E-state index in [1.807, 2.05) is 36.2 Å². The first-order valence-corrected chi connectivity index (χ1v) is 6.79. The molecule has 1 aromatic carbocycles. The number of piperidine rings is 1. The van der Waals surface area contributed by atoms with Gasteiger partial charge in [0, 0.05) is 18.7 Å². The molecule has 2 rings (SSSR count). The van der Waals surface area contributed by atoms with Crippen LogP contribution in [0.4, 0.5) is 0 Å². The van der Waals surface area contributed by atoms with Gasteiger partial charge >= 0.3 is 0 Å². The zero-order valence-electron chi connectivity index (χ0n) is 11.3. The third-order valence-electron chi connectivity index (χ3n) is 3.81. The van der Waals surface area contributed by atoms with Crippen molar-refractivity contribution >= 4 is 5.91 Å². The van der Waals surface area contributed by atoms with Crippen molar-refractivity contribution in [1.82, 2.24) is 10.2 Å². The molecule has 1 saturated heterocycles. The molecule has 1 aliphatic rings. The van der Waals surface area contributed by atoms with Crippen molar-refractivity contribution in [2.75, 3.05) is 20.1 Å². The summed E-state index contributed by atoms with van der Waals surface area (Å²) in [6, 6.07) is 8.31.